The van der Waals surface area contributed by atoms with Crippen molar-refractivity contribution in [2.75, 3.05) is 0 Å². The van der Waals surface area contributed by atoms with Crippen LogP contribution in [0.2, 0.25) is 0 Å². The second-order valence-electron chi connectivity index (χ2n) is 15.5. The molecule has 1 spiro atoms. The maximum absolute atomic E-state index is 7.26. The zero-order valence-corrected chi connectivity index (χ0v) is 25.5. The summed E-state index contributed by atoms with van der Waals surface area (Å²) in [5.74, 6) is 5.83. The van der Waals surface area contributed by atoms with E-state index < -0.39 is 0 Å². The standard InChI is InChI=1S/C39H52N2O/c1-2-12-25(13-3-1)37-38(41-34-20-10-9-19-33(34)40-37)26-22-23-32-36(24-26)42-35-21-11-8-18-31(35)39(32)29-16-6-4-14-27(29)28-15-5-7-17-30(28)39/h4-7,12,14-17,21,26-34,36-38,40-41H,1-3,8-11,13,18-20,22-24H2. The molecule has 42 heavy (non-hydrogen) atoms. The van der Waals surface area contributed by atoms with E-state index in [1.165, 1.54) is 95.7 Å². The molecule has 3 heteroatoms. The van der Waals surface area contributed by atoms with E-state index in [-0.39, 0.29) is 5.41 Å². The Bertz CT molecular complexity index is 1200. The molecule has 0 bridgehead atoms. The fraction of sp³-hybridized carbons (Fsp3) is 0.692. The topological polar surface area (TPSA) is 33.3 Å². The number of hydrogen-bond donors (Lipinski definition) is 2. The van der Waals surface area contributed by atoms with Gasteiger partial charge in [-0.25, -0.2) is 0 Å². The largest absolute Gasteiger partial charge is 0.494 e. The average Bonchev–Trinajstić information content (AvgIpc) is 3.35. The van der Waals surface area contributed by atoms with Crippen LogP contribution in [0, 0.1) is 46.8 Å². The van der Waals surface area contributed by atoms with Crippen LogP contribution in [0.1, 0.15) is 89.9 Å². The van der Waals surface area contributed by atoms with Crippen LogP contribution >= 0.6 is 0 Å². The summed E-state index contributed by atoms with van der Waals surface area (Å²) < 4.78 is 7.26. The number of fused-ring (bicyclic) bond motifs is 10. The van der Waals surface area contributed by atoms with Gasteiger partial charge in [0.15, 0.2) is 0 Å². The zero-order chi connectivity index (χ0) is 27.7. The van der Waals surface area contributed by atoms with Crippen molar-refractivity contribution in [3.05, 3.63) is 72.1 Å². The van der Waals surface area contributed by atoms with Crippen molar-refractivity contribution >= 4 is 0 Å². The van der Waals surface area contributed by atoms with Gasteiger partial charge in [-0.05, 0) is 113 Å². The Labute approximate surface area is 254 Å². The minimum atomic E-state index is 0.288. The summed E-state index contributed by atoms with van der Waals surface area (Å²) in [4.78, 5) is 0. The molecule has 7 aliphatic carbocycles. The normalized spacial score (nSPS) is 50.5. The monoisotopic (exact) mass is 564 g/mol. The molecule has 2 aliphatic heterocycles. The molecule has 2 N–H and O–H groups in total. The van der Waals surface area contributed by atoms with Gasteiger partial charge in [-0.1, -0.05) is 73.1 Å². The number of rotatable bonds is 2. The fourth-order valence-electron chi connectivity index (χ4n) is 12.4. The first-order valence-corrected chi connectivity index (χ1v) is 18.1. The van der Waals surface area contributed by atoms with Crippen LogP contribution in [0.5, 0.6) is 0 Å². The highest BCUT2D eigenvalue weighted by molar-refractivity contribution is 5.36. The van der Waals surface area contributed by atoms with Crippen LogP contribution in [0.15, 0.2) is 72.1 Å². The van der Waals surface area contributed by atoms with Gasteiger partial charge in [0.1, 0.15) is 6.10 Å². The molecule has 12 unspecified atom stereocenters. The van der Waals surface area contributed by atoms with E-state index in [2.05, 4.69) is 71.4 Å². The van der Waals surface area contributed by atoms with Gasteiger partial charge in [-0.2, -0.15) is 0 Å². The second kappa shape index (κ2) is 10.7. The van der Waals surface area contributed by atoms with Gasteiger partial charge in [-0.15, -0.1) is 0 Å². The number of ether oxygens (including phenoxy) is 1. The van der Waals surface area contributed by atoms with Gasteiger partial charge in [0.25, 0.3) is 0 Å². The van der Waals surface area contributed by atoms with Crippen LogP contribution in [0.4, 0.5) is 0 Å². The second-order valence-corrected chi connectivity index (χ2v) is 15.5. The molecular formula is C39H52N2O. The van der Waals surface area contributed by atoms with Crippen molar-refractivity contribution in [2.24, 2.45) is 46.8 Å². The van der Waals surface area contributed by atoms with E-state index in [1.54, 1.807) is 5.57 Å². The Balaban J connectivity index is 1.07. The van der Waals surface area contributed by atoms with Crippen molar-refractivity contribution in [1.82, 2.24) is 10.6 Å². The summed E-state index contributed by atoms with van der Waals surface area (Å²) >= 11 is 0. The highest BCUT2D eigenvalue weighted by Crippen LogP contribution is 2.71. The molecule has 0 aromatic rings. The van der Waals surface area contributed by atoms with Crippen molar-refractivity contribution in [3.63, 3.8) is 0 Å². The van der Waals surface area contributed by atoms with Crippen LogP contribution in [0.3, 0.4) is 0 Å². The lowest BCUT2D eigenvalue weighted by molar-refractivity contribution is -0.158. The third kappa shape index (κ3) is 3.97. The summed E-state index contributed by atoms with van der Waals surface area (Å²) in [7, 11) is 0. The summed E-state index contributed by atoms with van der Waals surface area (Å²) in [6.45, 7) is 0. The molecular weight excluding hydrogens is 512 g/mol. The van der Waals surface area contributed by atoms with Crippen molar-refractivity contribution in [3.8, 4) is 0 Å². The summed E-state index contributed by atoms with van der Waals surface area (Å²) in [6, 6.07) is 2.38. The zero-order valence-electron chi connectivity index (χ0n) is 25.5. The van der Waals surface area contributed by atoms with Crippen LogP contribution < -0.4 is 10.6 Å². The molecule has 9 aliphatic rings. The first-order chi connectivity index (χ1) is 20.8. The molecule has 5 fully saturated rings. The quantitative estimate of drug-likeness (QED) is 0.334. The molecule has 3 nitrogen and oxygen atoms in total. The third-order valence-electron chi connectivity index (χ3n) is 13.9. The summed E-state index contributed by atoms with van der Waals surface area (Å²) in [5.41, 5.74) is 2.01. The summed E-state index contributed by atoms with van der Waals surface area (Å²) in [6.07, 6.45) is 43.9. The fourth-order valence-corrected chi connectivity index (χ4v) is 12.4. The lowest BCUT2D eigenvalue weighted by atomic mass is 9.48. The first kappa shape index (κ1) is 26.6. The number of piperazine rings is 1. The molecule has 2 saturated heterocycles. The van der Waals surface area contributed by atoms with Crippen LogP contribution in [-0.4, -0.2) is 30.3 Å². The average molecular weight is 565 g/mol. The minimum absolute atomic E-state index is 0.288. The highest BCUT2D eigenvalue weighted by Gasteiger charge is 2.68. The number of nitrogens with one attached hydrogen (secondary N) is 2. The molecule has 9 rings (SSSR count). The van der Waals surface area contributed by atoms with Crippen molar-refractivity contribution in [1.29, 1.82) is 0 Å². The minimum Gasteiger partial charge on any atom is -0.494 e. The van der Waals surface area contributed by atoms with Gasteiger partial charge in [0, 0.05) is 41.4 Å². The van der Waals surface area contributed by atoms with E-state index in [4.69, 9.17) is 4.74 Å². The Kier molecular flexibility index (Phi) is 6.74. The van der Waals surface area contributed by atoms with Gasteiger partial charge in [-0.3, -0.25) is 0 Å². The predicted octanol–water partition coefficient (Wildman–Crippen LogP) is 7.94. The van der Waals surface area contributed by atoms with Gasteiger partial charge < -0.3 is 15.4 Å². The first-order valence-electron chi connectivity index (χ1n) is 18.1. The number of hydrogen-bond acceptors (Lipinski definition) is 3. The molecule has 3 saturated carbocycles. The van der Waals surface area contributed by atoms with Crippen LogP contribution in [0.25, 0.3) is 0 Å². The van der Waals surface area contributed by atoms with Gasteiger partial charge in [0.2, 0.25) is 0 Å². The molecule has 0 radical (unpaired) electrons. The lowest BCUT2D eigenvalue weighted by Crippen LogP contribution is -2.69. The maximum Gasteiger partial charge on any atom is 0.102 e. The van der Waals surface area contributed by atoms with Gasteiger partial charge in [0.05, 0.1) is 5.76 Å². The van der Waals surface area contributed by atoms with Gasteiger partial charge >= 0.3 is 0 Å². The van der Waals surface area contributed by atoms with E-state index in [1.807, 2.05) is 0 Å². The SMILES string of the molecule is C1=CC2C3C=CC=CC3C3(C4CCCC=C4OC4CC(C5NC6CCCCC6NC5C5=CCCCC5)CCC43)C2C=C1. The predicted molar refractivity (Wildman–Crippen MR) is 171 cm³/mol. The van der Waals surface area contributed by atoms with E-state index in [9.17, 15) is 0 Å². The van der Waals surface area contributed by atoms with E-state index in [0.717, 1.165) is 0 Å². The Hall–Kier alpha value is -1.84. The molecule has 224 valence electrons. The van der Waals surface area contributed by atoms with Crippen molar-refractivity contribution < 1.29 is 4.74 Å². The lowest BCUT2D eigenvalue weighted by Gasteiger charge is -2.61. The smallest absolute Gasteiger partial charge is 0.102 e. The van der Waals surface area contributed by atoms with E-state index >= 15 is 0 Å². The maximum atomic E-state index is 7.26. The number of allylic oxidation sites excluding steroid dienone is 11. The Morgan fingerprint density at radius 1 is 0.690 bits per heavy atom. The summed E-state index contributed by atoms with van der Waals surface area (Å²) in [5, 5.41) is 8.66. The Morgan fingerprint density at radius 3 is 2.19 bits per heavy atom. The molecule has 2 heterocycles. The highest BCUT2D eigenvalue weighted by atomic mass is 16.5. The molecule has 12 atom stereocenters. The molecule has 0 aromatic carbocycles. The molecule has 0 aromatic heterocycles. The van der Waals surface area contributed by atoms with Crippen LogP contribution in [-0.2, 0) is 4.74 Å². The molecule has 0 amide bonds. The Morgan fingerprint density at radius 2 is 1.43 bits per heavy atom. The van der Waals surface area contributed by atoms with E-state index in [0.29, 0.717) is 71.7 Å². The van der Waals surface area contributed by atoms with Crippen molar-refractivity contribution in [2.45, 2.75) is 120 Å². The third-order valence-corrected chi connectivity index (χ3v) is 13.9.